The fourth-order valence-electron chi connectivity index (χ4n) is 3.48. The number of amides is 1. The van der Waals surface area contributed by atoms with E-state index in [1.807, 2.05) is 0 Å². The van der Waals surface area contributed by atoms with Gasteiger partial charge in [-0.15, -0.1) is 11.8 Å². The summed E-state index contributed by atoms with van der Waals surface area (Å²) in [5, 5.41) is 0.977. The summed E-state index contributed by atoms with van der Waals surface area (Å²) in [6.45, 7) is 2.56. The SMILES string of the molecule is CSc1cccc2sc(N3CCN(C(=O)CCS(=O)(=O)c4ccccc4)CC3)nc12. The highest BCUT2D eigenvalue weighted by Gasteiger charge is 2.25. The Labute approximate surface area is 184 Å². The molecule has 6 nitrogen and oxygen atoms in total. The summed E-state index contributed by atoms with van der Waals surface area (Å²) in [6.07, 6.45) is 2.06. The molecule has 9 heteroatoms. The fourth-order valence-corrected chi connectivity index (χ4v) is 6.41. The van der Waals surface area contributed by atoms with E-state index < -0.39 is 9.84 Å². The molecule has 0 unspecified atom stereocenters. The van der Waals surface area contributed by atoms with Gasteiger partial charge in [-0.05, 0) is 30.5 Å². The van der Waals surface area contributed by atoms with Gasteiger partial charge in [-0.25, -0.2) is 13.4 Å². The molecule has 0 bridgehead atoms. The number of thioether (sulfide) groups is 1. The lowest BCUT2D eigenvalue weighted by atomic mass is 10.3. The van der Waals surface area contributed by atoms with E-state index in [9.17, 15) is 13.2 Å². The maximum absolute atomic E-state index is 12.6. The van der Waals surface area contributed by atoms with Gasteiger partial charge in [0.2, 0.25) is 5.91 Å². The van der Waals surface area contributed by atoms with Crippen LogP contribution in [0.4, 0.5) is 5.13 Å². The van der Waals surface area contributed by atoms with Gasteiger partial charge >= 0.3 is 0 Å². The Morgan fingerprint density at radius 3 is 2.50 bits per heavy atom. The predicted octanol–water partition coefficient (Wildman–Crippen LogP) is 3.53. The first-order chi connectivity index (χ1) is 14.5. The third-order valence-corrected chi connectivity index (χ3v) is 8.76. The van der Waals surface area contributed by atoms with Crippen LogP contribution in [0.5, 0.6) is 0 Å². The number of piperazine rings is 1. The molecular formula is C21H23N3O3S3. The van der Waals surface area contributed by atoms with Crippen LogP contribution in [0.25, 0.3) is 10.2 Å². The average molecular weight is 462 g/mol. The number of benzene rings is 2. The molecule has 0 radical (unpaired) electrons. The van der Waals surface area contributed by atoms with Crippen molar-refractivity contribution in [1.29, 1.82) is 0 Å². The summed E-state index contributed by atoms with van der Waals surface area (Å²) in [5.41, 5.74) is 1.04. The van der Waals surface area contributed by atoms with Crippen LogP contribution >= 0.6 is 23.1 Å². The van der Waals surface area contributed by atoms with Gasteiger partial charge in [-0.1, -0.05) is 35.6 Å². The predicted molar refractivity (Wildman–Crippen MR) is 123 cm³/mol. The second-order valence-corrected chi connectivity index (χ2v) is 11.0. The summed E-state index contributed by atoms with van der Waals surface area (Å²) >= 11 is 3.36. The van der Waals surface area contributed by atoms with Crippen LogP contribution in [-0.4, -0.2) is 62.4 Å². The summed E-state index contributed by atoms with van der Waals surface area (Å²) in [6, 6.07) is 14.5. The number of aromatic nitrogens is 1. The number of sulfone groups is 1. The normalized spacial score (nSPS) is 15.0. The van der Waals surface area contributed by atoms with Gasteiger partial charge in [0.1, 0.15) is 0 Å². The summed E-state index contributed by atoms with van der Waals surface area (Å²) in [7, 11) is -3.44. The number of nitrogens with zero attached hydrogens (tertiary/aromatic N) is 3. The first kappa shape index (κ1) is 21.1. The van der Waals surface area contributed by atoms with Crippen LogP contribution in [-0.2, 0) is 14.6 Å². The number of fused-ring (bicyclic) bond motifs is 1. The Hall–Kier alpha value is -2.10. The largest absolute Gasteiger partial charge is 0.345 e. The molecule has 1 amide bonds. The highest BCUT2D eigenvalue weighted by Crippen LogP contribution is 2.34. The smallest absolute Gasteiger partial charge is 0.223 e. The second-order valence-electron chi connectivity index (χ2n) is 7.05. The number of hydrogen-bond donors (Lipinski definition) is 0. The van der Waals surface area contributed by atoms with Gasteiger partial charge < -0.3 is 9.80 Å². The molecule has 1 saturated heterocycles. The van der Waals surface area contributed by atoms with Gasteiger partial charge in [0, 0.05) is 37.5 Å². The van der Waals surface area contributed by atoms with Crippen LogP contribution in [0.1, 0.15) is 6.42 Å². The second kappa shape index (κ2) is 8.95. The van der Waals surface area contributed by atoms with Crippen molar-refractivity contribution in [2.75, 3.05) is 43.1 Å². The van der Waals surface area contributed by atoms with E-state index in [0.29, 0.717) is 26.2 Å². The minimum Gasteiger partial charge on any atom is -0.345 e. The molecule has 1 fully saturated rings. The van der Waals surface area contributed by atoms with E-state index in [2.05, 4.69) is 29.4 Å². The standard InChI is InChI=1S/C21H23N3O3S3/c1-28-17-8-5-9-18-20(17)22-21(29-18)24-13-11-23(12-14-24)19(25)10-15-30(26,27)16-6-3-2-4-7-16/h2-9H,10-15H2,1H3. The Morgan fingerprint density at radius 2 is 1.80 bits per heavy atom. The average Bonchev–Trinajstić information content (AvgIpc) is 3.23. The lowest BCUT2D eigenvalue weighted by Crippen LogP contribution is -2.49. The maximum atomic E-state index is 12.6. The molecule has 0 atom stereocenters. The molecule has 1 aromatic heterocycles. The van der Waals surface area contributed by atoms with Gasteiger partial charge in [0.15, 0.2) is 15.0 Å². The number of anilines is 1. The maximum Gasteiger partial charge on any atom is 0.223 e. The fraction of sp³-hybridized carbons (Fsp3) is 0.333. The Bertz CT molecular complexity index is 1140. The topological polar surface area (TPSA) is 70.6 Å². The van der Waals surface area contributed by atoms with Gasteiger partial charge in [-0.2, -0.15) is 0 Å². The van der Waals surface area contributed by atoms with Gasteiger partial charge in [-0.3, -0.25) is 4.79 Å². The van der Waals surface area contributed by atoms with Gasteiger partial charge in [0.25, 0.3) is 0 Å². The Kier molecular flexibility index (Phi) is 6.31. The molecule has 158 valence electrons. The van der Waals surface area contributed by atoms with Crippen molar-refractivity contribution < 1.29 is 13.2 Å². The Balaban J connectivity index is 1.35. The molecule has 3 aromatic rings. The molecule has 1 aliphatic rings. The first-order valence-electron chi connectivity index (χ1n) is 9.72. The summed E-state index contributed by atoms with van der Waals surface area (Å²) in [4.78, 5) is 22.8. The van der Waals surface area contributed by atoms with Crippen molar-refractivity contribution in [3.05, 3.63) is 48.5 Å². The summed E-state index contributed by atoms with van der Waals surface area (Å²) in [5.74, 6) is -0.270. The molecule has 0 spiro atoms. The number of rotatable bonds is 6. The first-order valence-corrected chi connectivity index (χ1v) is 13.4. The Morgan fingerprint density at radius 1 is 1.07 bits per heavy atom. The van der Waals surface area contributed by atoms with E-state index in [1.165, 1.54) is 9.60 Å². The molecule has 0 N–H and O–H groups in total. The van der Waals surface area contributed by atoms with Crippen LogP contribution in [0, 0.1) is 0 Å². The molecule has 4 rings (SSSR count). The van der Waals surface area contributed by atoms with Crippen molar-refractivity contribution in [3.63, 3.8) is 0 Å². The zero-order valence-electron chi connectivity index (χ0n) is 16.7. The number of thiazole rings is 1. The minimum atomic E-state index is -3.44. The third kappa shape index (κ3) is 4.48. The van der Waals surface area contributed by atoms with Crippen LogP contribution in [0.3, 0.4) is 0 Å². The quantitative estimate of drug-likeness (QED) is 0.523. The molecule has 2 aromatic carbocycles. The number of carbonyl (C=O) groups excluding carboxylic acids is 1. The van der Waals surface area contributed by atoms with Crippen molar-refractivity contribution in [2.45, 2.75) is 16.2 Å². The van der Waals surface area contributed by atoms with Crippen LogP contribution in [0.15, 0.2) is 58.3 Å². The van der Waals surface area contributed by atoms with E-state index >= 15 is 0 Å². The highest BCUT2D eigenvalue weighted by atomic mass is 32.2. The zero-order valence-corrected chi connectivity index (χ0v) is 19.1. The van der Waals surface area contributed by atoms with Crippen molar-refractivity contribution >= 4 is 54.2 Å². The van der Waals surface area contributed by atoms with Crippen molar-refractivity contribution in [1.82, 2.24) is 9.88 Å². The van der Waals surface area contributed by atoms with Gasteiger partial charge in [0.05, 0.1) is 20.9 Å². The lowest BCUT2D eigenvalue weighted by molar-refractivity contribution is -0.131. The molecule has 0 aliphatic carbocycles. The van der Waals surface area contributed by atoms with Crippen LogP contribution < -0.4 is 4.90 Å². The van der Waals surface area contributed by atoms with E-state index in [4.69, 9.17) is 4.98 Å². The number of hydrogen-bond acceptors (Lipinski definition) is 7. The molecule has 1 aliphatic heterocycles. The van der Waals surface area contributed by atoms with Crippen molar-refractivity contribution in [2.24, 2.45) is 0 Å². The van der Waals surface area contributed by atoms with Crippen LogP contribution in [0.2, 0.25) is 0 Å². The van der Waals surface area contributed by atoms with Crippen molar-refractivity contribution in [3.8, 4) is 0 Å². The zero-order chi connectivity index (χ0) is 21.1. The monoisotopic (exact) mass is 461 g/mol. The highest BCUT2D eigenvalue weighted by molar-refractivity contribution is 7.98. The third-order valence-electron chi connectivity index (χ3n) is 5.18. The molecule has 30 heavy (non-hydrogen) atoms. The molecular weight excluding hydrogens is 438 g/mol. The minimum absolute atomic E-state index is 0.00937. The number of carbonyl (C=O) groups is 1. The molecule has 0 saturated carbocycles. The number of para-hydroxylation sites is 1. The lowest BCUT2D eigenvalue weighted by Gasteiger charge is -2.34. The summed E-state index contributed by atoms with van der Waals surface area (Å²) < 4.78 is 26.0. The molecule has 2 heterocycles. The van der Waals surface area contributed by atoms with E-state index in [0.717, 1.165) is 10.6 Å². The van der Waals surface area contributed by atoms with E-state index in [-0.39, 0.29) is 23.0 Å². The van der Waals surface area contributed by atoms with E-state index in [1.54, 1.807) is 58.3 Å².